The maximum absolute atomic E-state index is 12.7. The molecule has 0 aliphatic carbocycles. The largest absolute Gasteiger partial charge is 0.311 e. The van der Waals surface area contributed by atoms with E-state index in [0.717, 1.165) is 22.4 Å². The Morgan fingerprint density at radius 2 is 1.68 bits per heavy atom. The highest BCUT2D eigenvalue weighted by Gasteiger charge is 2.35. The molecule has 1 saturated heterocycles. The molecule has 1 amide bonds. The minimum Gasteiger partial charge on any atom is -0.311 e. The fourth-order valence-electron chi connectivity index (χ4n) is 2.91. The van der Waals surface area contributed by atoms with Crippen LogP contribution in [0, 0.1) is 20.8 Å². The van der Waals surface area contributed by atoms with Crippen molar-refractivity contribution in [2.24, 2.45) is 0 Å². The lowest BCUT2D eigenvalue weighted by molar-refractivity contribution is -0.118. The molecule has 1 aliphatic rings. The average molecular weight is 358 g/mol. The van der Waals surface area contributed by atoms with E-state index in [4.69, 9.17) is 0 Å². The van der Waals surface area contributed by atoms with Crippen LogP contribution in [0.3, 0.4) is 0 Å². The lowest BCUT2D eigenvalue weighted by atomic mass is 10.1. The van der Waals surface area contributed by atoms with Crippen molar-refractivity contribution >= 4 is 21.6 Å². The molecule has 0 saturated carbocycles. The first-order valence-electron chi connectivity index (χ1n) is 8.25. The molecule has 25 heavy (non-hydrogen) atoms. The van der Waals surface area contributed by atoms with Crippen LogP contribution in [-0.4, -0.2) is 26.9 Å². The van der Waals surface area contributed by atoms with Gasteiger partial charge in [0.2, 0.25) is 15.9 Å². The lowest BCUT2D eigenvalue weighted by Crippen LogP contribution is -2.41. The normalized spacial score (nSPS) is 18.0. The number of aryl methyl sites for hydroxylation is 3. The van der Waals surface area contributed by atoms with Gasteiger partial charge in [0.25, 0.3) is 0 Å². The Bertz CT molecular complexity index is 905. The summed E-state index contributed by atoms with van der Waals surface area (Å²) in [5, 5.41) is 0. The minimum absolute atomic E-state index is 0.176. The molecule has 1 atom stereocenters. The monoisotopic (exact) mass is 358 g/mol. The molecule has 1 N–H and O–H groups in total. The van der Waals surface area contributed by atoms with Crippen LogP contribution < -0.4 is 9.62 Å². The average Bonchev–Trinajstić information content (AvgIpc) is 2.91. The highest BCUT2D eigenvalue weighted by Crippen LogP contribution is 2.25. The fraction of sp³-hybridized carbons (Fsp3) is 0.316. The number of nitrogens with one attached hydrogen (secondary N) is 1. The van der Waals surface area contributed by atoms with Crippen molar-refractivity contribution in [3.8, 4) is 0 Å². The Morgan fingerprint density at radius 1 is 1.00 bits per heavy atom. The van der Waals surface area contributed by atoms with Crippen LogP contribution in [0.4, 0.5) is 5.69 Å². The van der Waals surface area contributed by atoms with Crippen LogP contribution >= 0.6 is 0 Å². The van der Waals surface area contributed by atoms with Crippen molar-refractivity contribution in [1.82, 2.24) is 4.72 Å². The highest BCUT2D eigenvalue weighted by atomic mass is 32.2. The quantitative estimate of drug-likeness (QED) is 0.914. The fourth-order valence-corrected chi connectivity index (χ4v) is 4.14. The molecule has 1 fully saturated rings. The summed E-state index contributed by atoms with van der Waals surface area (Å²) in [7, 11) is -3.71. The number of nitrogens with zero attached hydrogens (tertiary/aromatic N) is 1. The van der Waals surface area contributed by atoms with Crippen LogP contribution in [0.15, 0.2) is 47.4 Å². The van der Waals surface area contributed by atoms with E-state index >= 15 is 0 Å². The van der Waals surface area contributed by atoms with Gasteiger partial charge in [0.15, 0.2) is 0 Å². The molecule has 1 heterocycles. The maximum atomic E-state index is 12.7. The summed E-state index contributed by atoms with van der Waals surface area (Å²) in [5.74, 6) is -0.209. The van der Waals surface area contributed by atoms with Gasteiger partial charge in [-0.25, -0.2) is 8.42 Å². The molecule has 2 aromatic rings. The Labute approximate surface area is 148 Å². The molecule has 1 aliphatic heterocycles. The predicted molar refractivity (Wildman–Crippen MR) is 98.2 cm³/mol. The molecule has 2 aromatic carbocycles. The first-order chi connectivity index (χ1) is 11.8. The number of benzene rings is 2. The van der Waals surface area contributed by atoms with Crippen molar-refractivity contribution < 1.29 is 13.2 Å². The molecule has 132 valence electrons. The van der Waals surface area contributed by atoms with E-state index < -0.39 is 16.1 Å². The number of rotatable bonds is 4. The number of anilines is 1. The summed E-state index contributed by atoms with van der Waals surface area (Å²) in [5.41, 5.74) is 4.06. The lowest BCUT2D eigenvalue weighted by Gasteiger charge is -2.18. The standard InChI is InChI=1S/C19H22N2O3S/c1-13-4-8-17(9-5-13)25(23,24)20-18-10-11-21(19(18)22)16-7-6-14(2)15(3)12-16/h4-9,12,18,20H,10-11H2,1-3H3/t18-/m1/s1. The first-order valence-corrected chi connectivity index (χ1v) is 9.74. The molecule has 0 aromatic heterocycles. The third-order valence-electron chi connectivity index (χ3n) is 4.64. The van der Waals surface area contributed by atoms with Gasteiger partial charge in [-0.05, 0) is 62.6 Å². The smallest absolute Gasteiger partial charge is 0.245 e. The molecule has 0 radical (unpaired) electrons. The van der Waals surface area contributed by atoms with Gasteiger partial charge in [-0.3, -0.25) is 4.79 Å². The SMILES string of the molecule is Cc1ccc(S(=O)(=O)N[C@@H]2CCN(c3ccc(C)c(C)c3)C2=O)cc1. The van der Waals surface area contributed by atoms with Crippen LogP contribution in [0.5, 0.6) is 0 Å². The van der Waals surface area contributed by atoms with E-state index in [1.165, 1.54) is 0 Å². The Hall–Kier alpha value is -2.18. The van der Waals surface area contributed by atoms with Gasteiger partial charge >= 0.3 is 0 Å². The van der Waals surface area contributed by atoms with Crippen LogP contribution in [0.2, 0.25) is 0 Å². The number of hydrogen-bond acceptors (Lipinski definition) is 3. The first kappa shape index (κ1) is 17.6. The van der Waals surface area contributed by atoms with E-state index in [-0.39, 0.29) is 10.8 Å². The number of carbonyl (C=O) groups excluding carboxylic acids is 1. The van der Waals surface area contributed by atoms with Gasteiger partial charge in [-0.1, -0.05) is 23.8 Å². The molecular weight excluding hydrogens is 336 g/mol. The molecule has 3 rings (SSSR count). The van der Waals surface area contributed by atoms with Crippen molar-refractivity contribution in [2.75, 3.05) is 11.4 Å². The molecule has 0 bridgehead atoms. The number of hydrogen-bond donors (Lipinski definition) is 1. The zero-order valence-corrected chi connectivity index (χ0v) is 15.4. The summed E-state index contributed by atoms with van der Waals surface area (Å²) in [6, 6.07) is 11.7. The van der Waals surface area contributed by atoms with Crippen molar-refractivity contribution in [2.45, 2.75) is 38.1 Å². The summed E-state index contributed by atoms with van der Waals surface area (Å²) < 4.78 is 27.6. The molecule has 0 spiro atoms. The second-order valence-corrected chi connectivity index (χ2v) is 8.25. The predicted octanol–water partition coefficient (Wildman–Crippen LogP) is 2.70. The van der Waals surface area contributed by atoms with E-state index in [2.05, 4.69) is 4.72 Å². The van der Waals surface area contributed by atoms with Gasteiger partial charge in [0.1, 0.15) is 6.04 Å². The van der Waals surface area contributed by atoms with Gasteiger partial charge < -0.3 is 4.90 Å². The van der Waals surface area contributed by atoms with Gasteiger partial charge in [0.05, 0.1) is 4.90 Å². The third kappa shape index (κ3) is 3.60. The minimum atomic E-state index is -3.71. The van der Waals surface area contributed by atoms with Crippen molar-refractivity contribution in [3.05, 3.63) is 59.2 Å². The number of amides is 1. The second kappa shape index (κ2) is 6.61. The van der Waals surface area contributed by atoms with Gasteiger partial charge in [0, 0.05) is 12.2 Å². The Morgan fingerprint density at radius 3 is 2.32 bits per heavy atom. The number of carbonyl (C=O) groups is 1. The van der Waals surface area contributed by atoms with Crippen LogP contribution in [-0.2, 0) is 14.8 Å². The van der Waals surface area contributed by atoms with Gasteiger partial charge in [-0.15, -0.1) is 0 Å². The highest BCUT2D eigenvalue weighted by molar-refractivity contribution is 7.89. The van der Waals surface area contributed by atoms with Crippen LogP contribution in [0.25, 0.3) is 0 Å². The van der Waals surface area contributed by atoms with E-state index in [1.807, 2.05) is 39.0 Å². The summed E-state index contributed by atoms with van der Waals surface area (Å²) in [6.45, 7) is 6.41. The summed E-state index contributed by atoms with van der Waals surface area (Å²) in [4.78, 5) is 14.5. The third-order valence-corrected chi connectivity index (χ3v) is 6.12. The second-order valence-electron chi connectivity index (χ2n) is 6.53. The van der Waals surface area contributed by atoms with Crippen molar-refractivity contribution in [1.29, 1.82) is 0 Å². The van der Waals surface area contributed by atoms with Gasteiger partial charge in [-0.2, -0.15) is 4.72 Å². The zero-order chi connectivity index (χ0) is 18.2. The summed E-state index contributed by atoms with van der Waals surface area (Å²) >= 11 is 0. The molecule has 6 heteroatoms. The number of sulfonamides is 1. The molecule has 0 unspecified atom stereocenters. The Balaban J connectivity index is 1.77. The van der Waals surface area contributed by atoms with E-state index in [0.29, 0.717) is 13.0 Å². The maximum Gasteiger partial charge on any atom is 0.245 e. The Kier molecular flexibility index (Phi) is 4.67. The van der Waals surface area contributed by atoms with E-state index in [1.54, 1.807) is 29.2 Å². The molecule has 5 nitrogen and oxygen atoms in total. The van der Waals surface area contributed by atoms with Crippen molar-refractivity contribution in [3.63, 3.8) is 0 Å². The topological polar surface area (TPSA) is 66.5 Å². The van der Waals surface area contributed by atoms with E-state index in [9.17, 15) is 13.2 Å². The van der Waals surface area contributed by atoms with Crippen LogP contribution in [0.1, 0.15) is 23.1 Å². The summed E-state index contributed by atoms with van der Waals surface area (Å²) in [6.07, 6.45) is 0.455. The molecular formula is C19H22N2O3S. The zero-order valence-electron chi connectivity index (χ0n) is 14.6.